The highest BCUT2D eigenvalue weighted by Gasteiger charge is 2.33. The van der Waals surface area contributed by atoms with Crippen molar-refractivity contribution in [2.75, 3.05) is 14.2 Å². The molecule has 0 bridgehead atoms. The first kappa shape index (κ1) is 23.9. The highest BCUT2D eigenvalue weighted by Crippen LogP contribution is 2.46. The third kappa shape index (κ3) is 5.61. The average Bonchev–Trinajstić information content (AvgIpc) is 2.64. The molecule has 1 aliphatic rings. The van der Waals surface area contributed by atoms with E-state index in [1.54, 1.807) is 19.9 Å². The SMILES string of the molecule is COc1cc(C(CC=C(C)C)SC(=O)CC(C)(C)O)c(OC)c2c1C(=O)C=CC2=O. The predicted octanol–water partition coefficient (Wildman–Crippen LogP) is 4.46. The lowest BCUT2D eigenvalue weighted by Gasteiger charge is -2.24. The Morgan fingerprint density at radius 3 is 2.23 bits per heavy atom. The lowest BCUT2D eigenvalue weighted by atomic mass is 9.89. The summed E-state index contributed by atoms with van der Waals surface area (Å²) in [7, 11) is 2.86. The second-order valence-corrected chi connectivity index (χ2v) is 9.26. The number of carbonyl (C=O) groups is 3. The molecule has 1 N–H and O–H groups in total. The van der Waals surface area contributed by atoms with Crippen LogP contribution in [0.1, 0.15) is 72.1 Å². The van der Waals surface area contributed by atoms with Gasteiger partial charge in [-0.3, -0.25) is 14.4 Å². The molecule has 0 saturated carbocycles. The van der Waals surface area contributed by atoms with Gasteiger partial charge in [-0.15, -0.1) is 0 Å². The fraction of sp³-hybridized carbons (Fsp3) is 0.435. The van der Waals surface area contributed by atoms with E-state index in [1.165, 1.54) is 26.4 Å². The maximum atomic E-state index is 12.6. The second-order valence-electron chi connectivity index (χ2n) is 8.00. The van der Waals surface area contributed by atoms with Gasteiger partial charge in [0.15, 0.2) is 16.7 Å². The Morgan fingerprint density at radius 1 is 1.13 bits per heavy atom. The van der Waals surface area contributed by atoms with Gasteiger partial charge in [0.1, 0.15) is 11.5 Å². The first-order valence-electron chi connectivity index (χ1n) is 9.59. The standard InChI is InChI=1S/C23H28O6S/c1-13(2)7-10-18(30-19(26)12-23(3,4)27)14-11-17(28-5)20-15(24)8-9-16(25)21(20)22(14)29-6/h7-9,11,18,27H,10,12H2,1-6H3. The summed E-state index contributed by atoms with van der Waals surface area (Å²) in [5.41, 5.74) is 0.858. The van der Waals surface area contributed by atoms with Crippen LogP contribution in [0.3, 0.4) is 0 Å². The van der Waals surface area contributed by atoms with Gasteiger partial charge in [0, 0.05) is 17.2 Å². The fourth-order valence-corrected chi connectivity index (χ4v) is 4.46. The zero-order valence-corrected chi connectivity index (χ0v) is 19.0. The van der Waals surface area contributed by atoms with Crippen LogP contribution in [0, 0.1) is 0 Å². The molecule has 1 aromatic carbocycles. The molecule has 0 aromatic heterocycles. The molecule has 0 heterocycles. The van der Waals surface area contributed by atoms with E-state index in [4.69, 9.17) is 9.47 Å². The number of carbonyl (C=O) groups excluding carboxylic acids is 3. The molecule has 1 unspecified atom stereocenters. The van der Waals surface area contributed by atoms with Crippen molar-refractivity contribution < 1.29 is 29.0 Å². The quantitative estimate of drug-likeness (QED) is 0.607. The Kier molecular flexibility index (Phi) is 7.66. The molecule has 1 atom stereocenters. The van der Waals surface area contributed by atoms with Gasteiger partial charge in [-0.25, -0.2) is 0 Å². The van der Waals surface area contributed by atoms with E-state index in [-0.39, 0.29) is 45.7 Å². The third-order valence-corrected chi connectivity index (χ3v) is 5.65. The van der Waals surface area contributed by atoms with Crippen LogP contribution >= 0.6 is 11.8 Å². The predicted molar refractivity (Wildman–Crippen MR) is 118 cm³/mol. The molecule has 0 fully saturated rings. The van der Waals surface area contributed by atoms with Crippen molar-refractivity contribution >= 4 is 28.4 Å². The summed E-state index contributed by atoms with van der Waals surface area (Å²) in [5, 5.41) is 9.44. The number of hydrogen-bond donors (Lipinski definition) is 1. The minimum absolute atomic E-state index is 0.0203. The van der Waals surface area contributed by atoms with E-state index in [0.29, 0.717) is 12.0 Å². The van der Waals surface area contributed by atoms with E-state index >= 15 is 0 Å². The van der Waals surface area contributed by atoms with E-state index < -0.39 is 10.9 Å². The normalized spacial score (nSPS) is 14.2. The third-order valence-electron chi connectivity index (χ3n) is 4.51. The van der Waals surface area contributed by atoms with Gasteiger partial charge in [0.05, 0.1) is 30.9 Å². The number of methoxy groups -OCH3 is 2. The van der Waals surface area contributed by atoms with Crippen molar-refractivity contribution in [3.8, 4) is 11.5 Å². The molecule has 30 heavy (non-hydrogen) atoms. The maximum Gasteiger partial charge on any atom is 0.192 e. The van der Waals surface area contributed by atoms with Gasteiger partial charge in [-0.2, -0.15) is 0 Å². The van der Waals surface area contributed by atoms with Crippen molar-refractivity contribution in [3.63, 3.8) is 0 Å². The van der Waals surface area contributed by atoms with Gasteiger partial charge < -0.3 is 14.6 Å². The zero-order valence-electron chi connectivity index (χ0n) is 18.2. The molecule has 0 radical (unpaired) electrons. The molecule has 0 saturated heterocycles. The topological polar surface area (TPSA) is 89.9 Å². The Bertz CT molecular complexity index is 917. The van der Waals surface area contributed by atoms with E-state index in [2.05, 4.69) is 0 Å². The van der Waals surface area contributed by atoms with Crippen LogP contribution in [0.2, 0.25) is 0 Å². The van der Waals surface area contributed by atoms with Crippen molar-refractivity contribution in [1.29, 1.82) is 0 Å². The number of ether oxygens (including phenoxy) is 2. The molecule has 1 aliphatic carbocycles. The number of allylic oxidation sites excluding steroid dienone is 4. The maximum absolute atomic E-state index is 12.6. The summed E-state index contributed by atoms with van der Waals surface area (Å²) >= 11 is 1.07. The Labute approximate surface area is 181 Å². The number of hydrogen-bond acceptors (Lipinski definition) is 7. The van der Waals surface area contributed by atoms with Crippen LogP contribution in [0.25, 0.3) is 0 Å². The van der Waals surface area contributed by atoms with E-state index in [1.807, 2.05) is 19.9 Å². The number of aliphatic hydroxyl groups is 1. The summed E-state index contributed by atoms with van der Waals surface area (Å²) in [6, 6.07) is 1.66. The summed E-state index contributed by atoms with van der Waals surface area (Å²) in [5.74, 6) is -0.154. The van der Waals surface area contributed by atoms with Gasteiger partial charge in [0.25, 0.3) is 0 Å². The van der Waals surface area contributed by atoms with Crippen LogP contribution in [0.5, 0.6) is 11.5 Å². The Hall–Kier alpha value is -2.38. The number of benzene rings is 1. The van der Waals surface area contributed by atoms with Crippen LogP contribution < -0.4 is 9.47 Å². The lowest BCUT2D eigenvalue weighted by Crippen LogP contribution is -2.22. The monoisotopic (exact) mass is 432 g/mol. The lowest BCUT2D eigenvalue weighted by molar-refractivity contribution is -0.114. The largest absolute Gasteiger partial charge is 0.496 e. The van der Waals surface area contributed by atoms with Gasteiger partial charge >= 0.3 is 0 Å². The molecule has 162 valence electrons. The summed E-state index contributed by atoms with van der Waals surface area (Å²) < 4.78 is 11.0. The number of rotatable bonds is 8. The average molecular weight is 433 g/mol. The van der Waals surface area contributed by atoms with E-state index in [9.17, 15) is 19.5 Å². The Morgan fingerprint density at radius 2 is 1.73 bits per heavy atom. The molecular formula is C23H28O6S. The smallest absolute Gasteiger partial charge is 0.192 e. The molecule has 0 spiro atoms. The molecule has 1 aromatic rings. The highest BCUT2D eigenvalue weighted by atomic mass is 32.2. The second kappa shape index (κ2) is 9.62. The first-order chi connectivity index (χ1) is 14.0. The van der Waals surface area contributed by atoms with Crippen molar-refractivity contribution in [2.24, 2.45) is 0 Å². The molecular weight excluding hydrogens is 404 g/mol. The number of ketones is 2. The molecule has 0 amide bonds. The van der Waals surface area contributed by atoms with Gasteiger partial charge in [0.2, 0.25) is 0 Å². The molecule has 6 nitrogen and oxygen atoms in total. The number of fused-ring (bicyclic) bond motifs is 1. The van der Waals surface area contributed by atoms with Crippen LogP contribution in [0.4, 0.5) is 0 Å². The van der Waals surface area contributed by atoms with Crippen molar-refractivity contribution in [1.82, 2.24) is 0 Å². The van der Waals surface area contributed by atoms with Crippen LogP contribution in [-0.2, 0) is 4.79 Å². The highest BCUT2D eigenvalue weighted by molar-refractivity contribution is 8.13. The summed E-state index contributed by atoms with van der Waals surface area (Å²) in [6.07, 6.45) is 4.91. The van der Waals surface area contributed by atoms with Crippen molar-refractivity contribution in [3.05, 3.63) is 46.6 Å². The van der Waals surface area contributed by atoms with Crippen molar-refractivity contribution in [2.45, 2.75) is 51.4 Å². The molecule has 0 aliphatic heterocycles. The first-order valence-corrected chi connectivity index (χ1v) is 10.5. The van der Waals surface area contributed by atoms with Gasteiger partial charge in [-0.1, -0.05) is 23.4 Å². The minimum Gasteiger partial charge on any atom is -0.496 e. The zero-order chi connectivity index (χ0) is 22.6. The fourth-order valence-electron chi connectivity index (χ4n) is 3.21. The van der Waals surface area contributed by atoms with Gasteiger partial charge in [-0.05, 0) is 52.3 Å². The van der Waals surface area contributed by atoms with E-state index in [0.717, 1.165) is 17.3 Å². The minimum atomic E-state index is -1.13. The van der Waals surface area contributed by atoms with Crippen LogP contribution in [0.15, 0.2) is 29.9 Å². The molecule has 7 heteroatoms. The summed E-state index contributed by atoms with van der Waals surface area (Å²) in [4.78, 5) is 37.7. The van der Waals surface area contributed by atoms with Crippen LogP contribution in [-0.4, -0.2) is 41.6 Å². The Balaban J connectivity index is 2.64. The number of thioether (sulfide) groups is 1. The summed E-state index contributed by atoms with van der Waals surface area (Å²) in [6.45, 7) is 7.07. The molecule has 2 rings (SSSR count).